The largest absolute Gasteiger partial charge is 0.481 e. The molecule has 7 nitrogen and oxygen atoms in total. The van der Waals surface area contributed by atoms with Crippen LogP contribution < -0.4 is 5.32 Å². The lowest BCUT2D eigenvalue weighted by Gasteiger charge is -2.34. The fraction of sp³-hybridized carbons (Fsp3) is 0.400. The summed E-state index contributed by atoms with van der Waals surface area (Å²) in [6, 6.07) is 15.1. The Morgan fingerprint density at radius 3 is 2.17 bits per heavy atom. The van der Waals surface area contributed by atoms with Gasteiger partial charge < -0.3 is 14.7 Å². The number of carbonyl (C=O) groups is 3. The number of nitrogens with zero attached hydrogens (tertiary/aromatic N) is 1. The Morgan fingerprint density at radius 1 is 1.06 bits per heavy atom. The summed E-state index contributed by atoms with van der Waals surface area (Å²) >= 11 is 0. The first-order chi connectivity index (χ1) is 16.5. The molecule has 2 aliphatic rings. The monoisotopic (exact) mass is 490 g/mol. The number of likely N-dealkylation sites (tertiary alicyclic amines) is 1. The van der Waals surface area contributed by atoms with Crippen LogP contribution in [0.15, 0.2) is 48.5 Å². The number of alkyl halides is 3. The van der Waals surface area contributed by atoms with Gasteiger partial charge in [-0.25, -0.2) is 4.79 Å². The van der Waals surface area contributed by atoms with Crippen LogP contribution in [0.4, 0.5) is 18.0 Å². The summed E-state index contributed by atoms with van der Waals surface area (Å²) in [6.45, 7) is 0.256. The summed E-state index contributed by atoms with van der Waals surface area (Å²) < 4.78 is 47.2. The van der Waals surface area contributed by atoms with E-state index in [0.29, 0.717) is 6.92 Å². The predicted octanol–water partition coefficient (Wildman–Crippen LogP) is 4.17. The summed E-state index contributed by atoms with van der Waals surface area (Å²) in [5, 5.41) is 10.7. The molecule has 2 amide bonds. The summed E-state index contributed by atoms with van der Waals surface area (Å²) in [5.74, 6) is -3.22. The van der Waals surface area contributed by atoms with Crippen molar-refractivity contribution in [2.75, 3.05) is 19.7 Å². The van der Waals surface area contributed by atoms with Crippen LogP contribution in [-0.4, -0.2) is 59.4 Å². The van der Waals surface area contributed by atoms with Crippen LogP contribution in [0.5, 0.6) is 0 Å². The Morgan fingerprint density at radius 2 is 1.63 bits per heavy atom. The molecule has 1 fully saturated rings. The van der Waals surface area contributed by atoms with E-state index in [1.54, 1.807) is 5.32 Å². The molecule has 1 heterocycles. The zero-order chi connectivity index (χ0) is 25.4. The maximum absolute atomic E-state index is 14.0. The number of benzene rings is 2. The molecule has 0 saturated carbocycles. The van der Waals surface area contributed by atoms with E-state index in [1.807, 2.05) is 48.5 Å². The van der Waals surface area contributed by atoms with Gasteiger partial charge in [-0.3, -0.25) is 14.9 Å². The number of hydrogen-bond acceptors (Lipinski definition) is 4. The summed E-state index contributed by atoms with van der Waals surface area (Å²) in [4.78, 5) is 37.3. The molecule has 186 valence electrons. The fourth-order valence-electron chi connectivity index (χ4n) is 4.83. The Hall–Kier alpha value is -3.56. The number of ether oxygens (including phenoxy) is 1. The molecule has 2 unspecified atom stereocenters. The van der Waals surface area contributed by atoms with Crippen molar-refractivity contribution in [3.05, 3.63) is 59.7 Å². The van der Waals surface area contributed by atoms with Crippen LogP contribution >= 0.6 is 0 Å². The number of amides is 2. The third-order valence-corrected chi connectivity index (χ3v) is 6.73. The number of hydrogen-bond donors (Lipinski definition) is 2. The lowest BCUT2D eigenvalue weighted by molar-refractivity contribution is -0.199. The van der Waals surface area contributed by atoms with Crippen molar-refractivity contribution in [1.82, 2.24) is 10.2 Å². The Bertz CT molecular complexity index is 1110. The summed E-state index contributed by atoms with van der Waals surface area (Å²) in [5.41, 5.74) is 0.526. The topological polar surface area (TPSA) is 95.9 Å². The minimum absolute atomic E-state index is 0.0190. The Labute approximate surface area is 199 Å². The average Bonchev–Trinajstić information content (AvgIpc) is 3.38. The van der Waals surface area contributed by atoms with Gasteiger partial charge in [-0.15, -0.1) is 0 Å². The van der Waals surface area contributed by atoms with Gasteiger partial charge >= 0.3 is 18.2 Å². The van der Waals surface area contributed by atoms with Gasteiger partial charge in [0.25, 0.3) is 5.91 Å². The maximum Gasteiger partial charge on any atom is 0.420 e. The van der Waals surface area contributed by atoms with Crippen molar-refractivity contribution in [2.24, 2.45) is 5.92 Å². The predicted molar refractivity (Wildman–Crippen MR) is 120 cm³/mol. The van der Waals surface area contributed by atoms with E-state index < -0.39 is 35.6 Å². The molecule has 10 heteroatoms. The van der Waals surface area contributed by atoms with Crippen LogP contribution in [0, 0.1) is 5.92 Å². The normalized spacial score (nSPS) is 19.0. The molecule has 1 saturated heterocycles. The molecule has 0 spiro atoms. The number of carbonyl (C=O) groups excluding carboxylic acids is 2. The number of rotatable bonds is 6. The molecule has 2 atom stereocenters. The molecule has 4 rings (SSSR count). The molecule has 0 bridgehead atoms. The van der Waals surface area contributed by atoms with E-state index in [-0.39, 0.29) is 38.5 Å². The third-order valence-electron chi connectivity index (χ3n) is 6.73. The molecule has 35 heavy (non-hydrogen) atoms. The van der Waals surface area contributed by atoms with Crippen LogP contribution in [-0.2, 0) is 14.3 Å². The van der Waals surface area contributed by atoms with Gasteiger partial charge in [0.05, 0.1) is 0 Å². The van der Waals surface area contributed by atoms with Gasteiger partial charge in [-0.2, -0.15) is 13.2 Å². The Kier molecular flexibility index (Phi) is 6.48. The number of nitrogens with one attached hydrogen (secondary N) is 1. The zero-order valence-corrected chi connectivity index (χ0v) is 19.0. The SMILES string of the molecule is CC(NC(=O)OCC1c2ccccc2-c2ccccc21)(C(=O)N1CCC(CC(=O)O)C1)C(F)(F)F. The molecular weight excluding hydrogens is 465 g/mol. The van der Waals surface area contributed by atoms with Crippen molar-refractivity contribution in [3.63, 3.8) is 0 Å². The van der Waals surface area contributed by atoms with E-state index in [1.165, 1.54) is 0 Å². The lowest BCUT2D eigenvalue weighted by Crippen LogP contribution is -2.65. The summed E-state index contributed by atoms with van der Waals surface area (Å²) in [7, 11) is 0. The van der Waals surface area contributed by atoms with Crippen molar-refractivity contribution < 1.29 is 37.4 Å². The van der Waals surface area contributed by atoms with Crippen LogP contribution in [0.3, 0.4) is 0 Å². The van der Waals surface area contributed by atoms with Crippen molar-refractivity contribution in [1.29, 1.82) is 0 Å². The molecule has 1 aliphatic heterocycles. The second-order valence-electron chi connectivity index (χ2n) is 9.08. The molecule has 0 aromatic heterocycles. The van der Waals surface area contributed by atoms with Gasteiger partial charge in [0.15, 0.2) is 0 Å². The maximum atomic E-state index is 14.0. The number of alkyl carbamates (subject to hydrolysis) is 1. The van der Waals surface area contributed by atoms with Crippen LogP contribution in [0.2, 0.25) is 0 Å². The Balaban J connectivity index is 1.46. The van der Waals surface area contributed by atoms with Gasteiger partial charge in [0.2, 0.25) is 5.54 Å². The van der Waals surface area contributed by atoms with Gasteiger partial charge in [0, 0.05) is 25.4 Å². The third kappa shape index (κ3) is 4.69. The van der Waals surface area contributed by atoms with Gasteiger partial charge in [-0.1, -0.05) is 48.5 Å². The first-order valence-corrected chi connectivity index (χ1v) is 11.2. The minimum Gasteiger partial charge on any atom is -0.481 e. The van der Waals surface area contributed by atoms with E-state index in [2.05, 4.69) is 0 Å². The highest BCUT2D eigenvalue weighted by atomic mass is 19.4. The standard InChI is InChI=1S/C25H25F3N2O5/c1-24(25(26,27)28,22(33)30-11-10-15(13-30)12-21(31)32)29-23(34)35-14-20-18-8-4-2-6-16(18)17-7-3-5-9-19(17)20/h2-9,15,20H,10-14H2,1H3,(H,29,34)(H,31,32). The highest BCUT2D eigenvalue weighted by Gasteiger charge is 2.60. The van der Waals surface area contributed by atoms with Crippen LogP contribution in [0.1, 0.15) is 36.8 Å². The summed E-state index contributed by atoms with van der Waals surface area (Å²) in [6.07, 6.45) is -6.43. The van der Waals surface area contributed by atoms with Crippen LogP contribution in [0.25, 0.3) is 11.1 Å². The number of carboxylic acid groups (broad SMARTS) is 1. The second kappa shape index (κ2) is 9.24. The second-order valence-corrected chi connectivity index (χ2v) is 9.08. The van der Waals surface area contributed by atoms with E-state index in [9.17, 15) is 27.6 Å². The molecular formula is C25H25F3N2O5. The van der Waals surface area contributed by atoms with Crippen molar-refractivity contribution in [3.8, 4) is 11.1 Å². The number of aliphatic carboxylic acids is 1. The zero-order valence-electron chi connectivity index (χ0n) is 19.0. The lowest BCUT2D eigenvalue weighted by atomic mass is 9.98. The molecule has 2 aromatic carbocycles. The molecule has 0 radical (unpaired) electrons. The first kappa shape index (κ1) is 24.6. The minimum atomic E-state index is -5.10. The van der Waals surface area contributed by atoms with E-state index in [0.717, 1.165) is 27.2 Å². The average molecular weight is 490 g/mol. The smallest absolute Gasteiger partial charge is 0.420 e. The number of carboxylic acids is 1. The van der Waals surface area contributed by atoms with Gasteiger partial charge in [-0.05, 0) is 41.5 Å². The quantitative estimate of drug-likeness (QED) is 0.634. The fourth-order valence-corrected chi connectivity index (χ4v) is 4.83. The highest BCUT2D eigenvalue weighted by Crippen LogP contribution is 2.44. The molecule has 1 aliphatic carbocycles. The number of halogens is 3. The van der Waals surface area contributed by atoms with E-state index >= 15 is 0 Å². The number of fused-ring (bicyclic) bond motifs is 3. The van der Waals surface area contributed by atoms with Crippen molar-refractivity contribution >= 4 is 18.0 Å². The van der Waals surface area contributed by atoms with E-state index in [4.69, 9.17) is 9.84 Å². The molecule has 2 N–H and O–H groups in total. The molecule has 2 aromatic rings. The van der Waals surface area contributed by atoms with Crippen molar-refractivity contribution in [2.45, 2.75) is 37.4 Å². The van der Waals surface area contributed by atoms with Gasteiger partial charge in [0.1, 0.15) is 6.61 Å². The first-order valence-electron chi connectivity index (χ1n) is 11.2. The highest BCUT2D eigenvalue weighted by molar-refractivity contribution is 5.91.